The largest absolute Gasteiger partial charge is 0.481 e. The zero-order valence-corrected chi connectivity index (χ0v) is 4.14. The standard InChI is InChI=1S/C2H3NO3S/c4-2(5)1-7-3-6/h1H2,(H,4,5). The van der Waals surface area contributed by atoms with E-state index in [1.165, 1.54) is 0 Å². The highest BCUT2D eigenvalue weighted by Gasteiger charge is 1.93. The van der Waals surface area contributed by atoms with Crippen molar-refractivity contribution in [3.8, 4) is 0 Å². The Balaban J connectivity index is 2.97. The maximum Gasteiger partial charge on any atom is 0.315 e. The monoisotopic (exact) mass is 121 g/mol. The molecule has 40 valence electrons. The van der Waals surface area contributed by atoms with Gasteiger partial charge < -0.3 is 5.11 Å². The summed E-state index contributed by atoms with van der Waals surface area (Å²) in [5.74, 6) is -1.27. The van der Waals surface area contributed by atoms with E-state index in [4.69, 9.17) is 10.0 Å². The van der Waals surface area contributed by atoms with Crippen molar-refractivity contribution in [1.29, 1.82) is 0 Å². The number of hydrogen-bond donors (Lipinski definition) is 1. The highest BCUT2D eigenvalue weighted by Crippen LogP contribution is 1.96. The van der Waals surface area contributed by atoms with Gasteiger partial charge in [-0.25, -0.2) is 0 Å². The van der Waals surface area contributed by atoms with Crippen LogP contribution in [0, 0.1) is 4.91 Å². The van der Waals surface area contributed by atoms with Gasteiger partial charge >= 0.3 is 5.97 Å². The average Bonchev–Trinajstić information content (AvgIpc) is 1.61. The average molecular weight is 121 g/mol. The van der Waals surface area contributed by atoms with E-state index in [0.29, 0.717) is 11.9 Å². The topological polar surface area (TPSA) is 66.7 Å². The molecule has 0 aliphatic carbocycles. The Labute approximate surface area is 44.0 Å². The van der Waals surface area contributed by atoms with Gasteiger partial charge in [-0.3, -0.25) is 4.79 Å². The fraction of sp³-hybridized carbons (Fsp3) is 0.500. The molecule has 0 spiro atoms. The second-order valence-electron chi connectivity index (χ2n) is 0.742. The van der Waals surface area contributed by atoms with Gasteiger partial charge in [0.15, 0.2) is 0 Å². The number of hydrogen-bond acceptors (Lipinski definition) is 4. The first-order valence-electron chi connectivity index (χ1n) is 1.44. The highest BCUT2D eigenvalue weighted by molar-refractivity contribution is 7.98. The number of nitroso groups, excluding NO2 is 1. The molecule has 0 atom stereocenters. The quantitative estimate of drug-likeness (QED) is 0.435. The minimum absolute atomic E-state index is 0.247. The van der Waals surface area contributed by atoms with Gasteiger partial charge in [0.25, 0.3) is 0 Å². The molecule has 0 aliphatic rings. The molecule has 0 heterocycles. The van der Waals surface area contributed by atoms with Gasteiger partial charge in [-0.15, -0.1) is 4.91 Å². The molecule has 0 bridgehead atoms. The van der Waals surface area contributed by atoms with Crippen molar-refractivity contribution in [3.05, 3.63) is 4.91 Å². The molecule has 0 aromatic rings. The van der Waals surface area contributed by atoms with Crippen molar-refractivity contribution in [3.63, 3.8) is 0 Å². The maximum absolute atomic E-state index is 9.54. The van der Waals surface area contributed by atoms with E-state index in [2.05, 4.69) is 4.58 Å². The summed E-state index contributed by atoms with van der Waals surface area (Å²) in [5, 5.41) is 7.82. The molecule has 7 heavy (non-hydrogen) atoms. The maximum atomic E-state index is 9.54. The van der Waals surface area contributed by atoms with Crippen LogP contribution in [0.15, 0.2) is 4.58 Å². The molecule has 0 rings (SSSR count). The first-order valence-corrected chi connectivity index (χ1v) is 2.38. The number of carboxylic acids is 1. The van der Waals surface area contributed by atoms with E-state index in [1.807, 2.05) is 0 Å². The molecule has 4 nitrogen and oxygen atoms in total. The van der Waals surface area contributed by atoms with Crippen molar-refractivity contribution in [2.75, 3.05) is 5.75 Å². The SMILES string of the molecule is O=NSCC(=O)O. The third kappa shape index (κ3) is 5.42. The van der Waals surface area contributed by atoms with Gasteiger partial charge in [0, 0.05) is 16.5 Å². The smallest absolute Gasteiger partial charge is 0.315 e. The van der Waals surface area contributed by atoms with Crippen LogP contribution in [0.3, 0.4) is 0 Å². The Kier molecular flexibility index (Phi) is 3.31. The Hall–Kier alpha value is -0.580. The lowest BCUT2D eigenvalue weighted by Crippen LogP contribution is -1.95. The molecule has 0 aliphatic heterocycles. The van der Waals surface area contributed by atoms with Crippen LogP contribution >= 0.6 is 11.9 Å². The zero-order chi connectivity index (χ0) is 5.70. The molecule has 0 unspecified atom stereocenters. The number of carbonyl (C=O) groups is 1. The van der Waals surface area contributed by atoms with Crippen LogP contribution in [0.2, 0.25) is 0 Å². The first kappa shape index (κ1) is 6.42. The molecule has 0 saturated carbocycles. The van der Waals surface area contributed by atoms with Gasteiger partial charge in [0.1, 0.15) is 5.75 Å². The number of nitrogens with zero attached hydrogens (tertiary/aromatic N) is 1. The summed E-state index contributed by atoms with van der Waals surface area (Å²) in [4.78, 5) is 18.7. The van der Waals surface area contributed by atoms with Gasteiger partial charge in [-0.2, -0.15) is 0 Å². The van der Waals surface area contributed by atoms with Crippen LogP contribution in [0.25, 0.3) is 0 Å². The summed E-state index contributed by atoms with van der Waals surface area (Å²) in [6.07, 6.45) is 0. The molecular formula is C2H3NO3S. The molecule has 0 aromatic carbocycles. The van der Waals surface area contributed by atoms with E-state index >= 15 is 0 Å². The Morgan fingerprint density at radius 2 is 2.43 bits per heavy atom. The van der Waals surface area contributed by atoms with Crippen molar-refractivity contribution in [2.24, 2.45) is 4.58 Å². The minimum Gasteiger partial charge on any atom is -0.481 e. The highest BCUT2D eigenvalue weighted by atomic mass is 32.2. The molecule has 0 aromatic heterocycles. The second-order valence-corrected chi connectivity index (χ2v) is 1.44. The van der Waals surface area contributed by atoms with Crippen LogP contribution in [0.1, 0.15) is 0 Å². The minimum atomic E-state index is -1.02. The Morgan fingerprint density at radius 1 is 1.86 bits per heavy atom. The van der Waals surface area contributed by atoms with Crippen molar-refractivity contribution in [1.82, 2.24) is 0 Å². The summed E-state index contributed by atoms with van der Waals surface area (Å²) in [5.41, 5.74) is 0. The molecule has 0 amide bonds. The van der Waals surface area contributed by atoms with Crippen LogP contribution in [0.5, 0.6) is 0 Å². The Bertz CT molecular complexity index is 83.0. The normalized spacial score (nSPS) is 8.00. The number of aliphatic carboxylic acids is 1. The van der Waals surface area contributed by atoms with Crippen LogP contribution in [-0.2, 0) is 4.79 Å². The van der Waals surface area contributed by atoms with Gasteiger partial charge in [0.2, 0.25) is 0 Å². The lowest BCUT2D eigenvalue weighted by Gasteiger charge is -1.78. The fourth-order valence-corrected chi connectivity index (χ4v) is 0.245. The summed E-state index contributed by atoms with van der Waals surface area (Å²) < 4.78 is 2.26. The van der Waals surface area contributed by atoms with Crippen molar-refractivity contribution < 1.29 is 9.90 Å². The summed E-state index contributed by atoms with van der Waals surface area (Å²) in [6, 6.07) is 0. The van der Waals surface area contributed by atoms with Gasteiger partial charge in [0.05, 0.1) is 0 Å². The molecule has 1 N–H and O–H groups in total. The van der Waals surface area contributed by atoms with Crippen molar-refractivity contribution >= 4 is 17.9 Å². The Morgan fingerprint density at radius 3 is 2.57 bits per heavy atom. The van der Waals surface area contributed by atoms with E-state index in [9.17, 15) is 4.79 Å². The third-order valence-electron chi connectivity index (χ3n) is 0.241. The lowest BCUT2D eigenvalue weighted by atomic mass is 10.8. The molecule has 0 saturated heterocycles. The third-order valence-corrected chi connectivity index (χ3v) is 0.722. The number of carboxylic acid groups (broad SMARTS) is 1. The van der Waals surface area contributed by atoms with Crippen LogP contribution in [0.4, 0.5) is 0 Å². The molecule has 5 heteroatoms. The predicted octanol–water partition coefficient (Wildman–Crippen LogP) is 0.486. The van der Waals surface area contributed by atoms with E-state index in [1.54, 1.807) is 0 Å². The zero-order valence-electron chi connectivity index (χ0n) is 3.33. The number of rotatable bonds is 3. The van der Waals surface area contributed by atoms with Gasteiger partial charge in [-0.05, 0) is 0 Å². The second kappa shape index (κ2) is 3.60. The fourth-order valence-electron chi connectivity index (χ4n) is 0.0816. The van der Waals surface area contributed by atoms with E-state index in [0.717, 1.165) is 0 Å². The summed E-state index contributed by atoms with van der Waals surface area (Å²) in [6.45, 7) is 0. The van der Waals surface area contributed by atoms with Crippen LogP contribution < -0.4 is 0 Å². The summed E-state index contributed by atoms with van der Waals surface area (Å²) >= 11 is 0.486. The van der Waals surface area contributed by atoms with Crippen molar-refractivity contribution in [2.45, 2.75) is 0 Å². The van der Waals surface area contributed by atoms with E-state index in [-0.39, 0.29) is 5.75 Å². The lowest BCUT2D eigenvalue weighted by molar-refractivity contribution is -0.133. The first-order chi connectivity index (χ1) is 3.27. The molecular weight excluding hydrogens is 118 g/mol. The van der Waals surface area contributed by atoms with Gasteiger partial charge in [-0.1, -0.05) is 0 Å². The predicted molar refractivity (Wildman–Crippen MR) is 25.9 cm³/mol. The molecule has 0 fully saturated rings. The van der Waals surface area contributed by atoms with Crippen LogP contribution in [-0.4, -0.2) is 16.8 Å². The summed E-state index contributed by atoms with van der Waals surface area (Å²) in [7, 11) is 0. The van der Waals surface area contributed by atoms with E-state index < -0.39 is 5.97 Å². The molecule has 0 radical (unpaired) electrons.